The van der Waals surface area contributed by atoms with Gasteiger partial charge < -0.3 is 4.74 Å². The van der Waals surface area contributed by atoms with Crippen LogP contribution < -0.4 is 4.31 Å². The molecule has 19 heavy (non-hydrogen) atoms. The van der Waals surface area contributed by atoms with Gasteiger partial charge in [0.1, 0.15) is 6.54 Å². The van der Waals surface area contributed by atoms with Crippen LogP contribution in [0.5, 0.6) is 0 Å². The van der Waals surface area contributed by atoms with Crippen molar-refractivity contribution < 1.29 is 17.9 Å². The molecule has 0 aliphatic heterocycles. The molecule has 0 radical (unpaired) electrons. The third-order valence-electron chi connectivity index (χ3n) is 2.38. The Labute approximate surface area is 122 Å². The fraction of sp³-hybridized carbons (Fsp3) is 0.364. The van der Waals surface area contributed by atoms with Crippen molar-refractivity contribution in [3.63, 3.8) is 0 Å². The van der Waals surface area contributed by atoms with Gasteiger partial charge in [0, 0.05) is 5.02 Å². The van der Waals surface area contributed by atoms with Crippen molar-refractivity contribution in [1.82, 2.24) is 0 Å². The molecule has 8 heteroatoms. The number of halogens is 2. The average molecular weight is 326 g/mol. The van der Waals surface area contributed by atoms with E-state index in [1.807, 2.05) is 0 Å². The van der Waals surface area contributed by atoms with Gasteiger partial charge in [0.2, 0.25) is 10.0 Å². The van der Waals surface area contributed by atoms with Crippen molar-refractivity contribution in [2.24, 2.45) is 0 Å². The number of anilines is 1. The molecule has 0 aliphatic carbocycles. The van der Waals surface area contributed by atoms with E-state index in [1.54, 1.807) is 0 Å². The SMILES string of the molecule is CCS(=O)(=O)N(CC(=O)OC)c1ccc(Cl)cc1Cl. The van der Waals surface area contributed by atoms with Gasteiger partial charge in [-0.3, -0.25) is 9.10 Å². The van der Waals surface area contributed by atoms with Crippen molar-refractivity contribution >= 4 is 44.9 Å². The first-order valence-electron chi connectivity index (χ1n) is 5.34. The molecule has 0 saturated carbocycles. The fourth-order valence-corrected chi connectivity index (χ4v) is 2.99. The summed E-state index contributed by atoms with van der Waals surface area (Å²) in [5.74, 6) is -0.841. The minimum atomic E-state index is -3.65. The number of ether oxygens (including phenoxy) is 1. The fourth-order valence-electron chi connectivity index (χ4n) is 1.35. The zero-order valence-electron chi connectivity index (χ0n) is 10.4. The van der Waals surface area contributed by atoms with Crippen molar-refractivity contribution in [3.05, 3.63) is 28.2 Å². The molecule has 0 unspecified atom stereocenters. The summed E-state index contributed by atoms with van der Waals surface area (Å²) in [6.45, 7) is 1.04. The van der Waals surface area contributed by atoms with Gasteiger partial charge in [-0.2, -0.15) is 0 Å². The van der Waals surface area contributed by atoms with E-state index in [-0.39, 0.29) is 16.5 Å². The second-order valence-corrected chi connectivity index (χ2v) is 6.60. The van der Waals surface area contributed by atoms with Gasteiger partial charge >= 0.3 is 5.97 Å². The zero-order chi connectivity index (χ0) is 14.6. The minimum Gasteiger partial charge on any atom is -0.468 e. The largest absolute Gasteiger partial charge is 0.468 e. The van der Waals surface area contributed by atoms with Crippen molar-refractivity contribution in [1.29, 1.82) is 0 Å². The molecule has 1 aromatic rings. The van der Waals surface area contributed by atoms with Gasteiger partial charge in [0.05, 0.1) is 23.6 Å². The number of carbonyl (C=O) groups excluding carboxylic acids is 1. The van der Waals surface area contributed by atoms with Crippen LogP contribution >= 0.6 is 23.2 Å². The van der Waals surface area contributed by atoms with Gasteiger partial charge in [-0.1, -0.05) is 23.2 Å². The first-order valence-corrected chi connectivity index (χ1v) is 7.70. The van der Waals surface area contributed by atoms with E-state index in [2.05, 4.69) is 4.74 Å². The topological polar surface area (TPSA) is 63.7 Å². The number of methoxy groups -OCH3 is 1. The molecule has 106 valence electrons. The van der Waals surface area contributed by atoms with Crippen LogP contribution in [0, 0.1) is 0 Å². The van der Waals surface area contributed by atoms with Crippen LogP contribution in [0.25, 0.3) is 0 Å². The second kappa shape index (κ2) is 6.45. The van der Waals surface area contributed by atoms with Crippen LogP contribution in [0.2, 0.25) is 10.0 Å². The maximum Gasteiger partial charge on any atom is 0.326 e. The van der Waals surface area contributed by atoms with Crippen LogP contribution in [0.4, 0.5) is 5.69 Å². The lowest BCUT2D eigenvalue weighted by Crippen LogP contribution is -2.37. The molecule has 0 bridgehead atoms. The number of carbonyl (C=O) groups is 1. The standard InChI is InChI=1S/C11H13Cl2NO4S/c1-3-19(16,17)14(7-11(15)18-2)10-5-4-8(12)6-9(10)13/h4-6H,3,7H2,1-2H3. The van der Waals surface area contributed by atoms with Crippen molar-refractivity contribution in [3.8, 4) is 0 Å². The Morgan fingerprint density at radius 1 is 1.37 bits per heavy atom. The number of benzene rings is 1. The summed E-state index contributed by atoms with van der Waals surface area (Å²) in [5.41, 5.74) is 0.193. The van der Waals surface area contributed by atoms with Gasteiger partial charge in [-0.15, -0.1) is 0 Å². The summed E-state index contributed by atoms with van der Waals surface area (Å²) in [6.07, 6.45) is 0. The third kappa shape index (κ3) is 3.99. The Bertz CT molecular complexity index is 574. The molecule has 0 fully saturated rings. The summed E-state index contributed by atoms with van der Waals surface area (Å²) in [4.78, 5) is 11.3. The van der Waals surface area contributed by atoms with Crippen molar-refractivity contribution in [2.75, 3.05) is 23.7 Å². The number of nitrogens with zero attached hydrogens (tertiary/aromatic N) is 1. The monoisotopic (exact) mass is 325 g/mol. The van der Waals surface area contributed by atoms with Crippen LogP contribution in [0.3, 0.4) is 0 Å². The smallest absolute Gasteiger partial charge is 0.326 e. The van der Waals surface area contributed by atoms with E-state index in [9.17, 15) is 13.2 Å². The predicted octanol–water partition coefficient (Wildman–Crippen LogP) is 2.32. The van der Waals surface area contributed by atoms with E-state index < -0.39 is 22.5 Å². The second-order valence-electron chi connectivity index (χ2n) is 3.58. The summed E-state index contributed by atoms with van der Waals surface area (Å²) in [5, 5.41) is 0.522. The lowest BCUT2D eigenvalue weighted by atomic mass is 10.3. The van der Waals surface area contributed by atoms with E-state index >= 15 is 0 Å². The molecular formula is C11H13Cl2NO4S. The number of hydrogen-bond acceptors (Lipinski definition) is 4. The quantitative estimate of drug-likeness (QED) is 0.779. The Morgan fingerprint density at radius 3 is 2.47 bits per heavy atom. The number of esters is 1. The normalized spacial score (nSPS) is 11.2. The molecule has 0 amide bonds. The molecule has 1 aromatic carbocycles. The van der Waals surface area contributed by atoms with Gasteiger partial charge in [-0.05, 0) is 25.1 Å². The maximum absolute atomic E-state index is 12.0. The van der Waals surface area contributed by atoms with Crippen LogP contribution in [-0.4, -0.2) is 33.8 Å². The lowest BCUT2D eigenvalue weighted by Gasteiger charge is -2.23. The molecule has 0 aliphatic rings. The molecule has 0 atom stereocenters. The summed E-state index contributed by atoms with van der Waals surface area (Å²) < 4.78 is 29.4. The molecule has 0 saturated heterocycles. The Hall–Kier alpha value is -0.980. The highest BCUT2D eigenvalue weighted by atomic mass is 35.5. The van der Waals surface area contributed by atoms with E-state index in [0.717, 1.165) is 4.31 Å². The summed E-state index contributed by atoms with van der Waals surface area (Å²) in [7, 11) is -2.47. The molecule has 5 nitrogen and oxygen atoms in total. The van der Waals surface area contributed by atoms with Gasteiger partial charge in [-0.25, -0.2) is 8.42 Å². The average Bonchev–Trinajstić information content (AvgIpc) is 2.36. The molecule has 0 spiro atoms. The number of rotatable bonds is 5. The molecule has 0 heterocycles. The van der Waals surface area contributed by atoms with Crippen molar-refractivity contribution in [2.45, 2.75) is 6.92 Å². The lowest BCUT2D eigenvalue weighted by molar-refractivity contribution is -0.138. The molecule has 0 N–H and O–H groups in total. The first kappa shape index (κ1) is 16.1. The third-order valence-corrected chi connectivity index (χ3v) is 4.64. The highest BCUT2D eigenvalue weighted by Gasteiger charge is 2.25. The number of sulfonamides is 1. The molecule has 1 rings (SSSR count). The van der Waals surface area contributed by atoms with E-state index in [1.165, 1.54) is 32.2 Å². The predicted molar refractivity (Wildman–Crippen MR) is 75.3 cm³/mol. The first-order chi connectivity index (χ1) is 8.81. The van der Waals surface area contributed by atoms with Gasteiger partial charge in [0.25, 0.3) is 0 Å². The zero-order valence-corrected chi connectivity index (χ0v) is 12.7. The van der Waals surface area contributed by atoms with Crippen LogP contribution in [0.1, 0.15) is 6.92 Å². The number of hydrogen-bond donors (Lipinski definition) is 0. The Morgan fingerprint density at radius 2 is 2.00 bits per heavy atom. The van der Waals surface area contributed by atoms with Gasteiger partial charge in [0.15, 0.2) is 0 Å². The highest BCUT2D eigenvalue weighted by molar-refractivity contribution is 7.92. The van der Waals surface area contributed by atoms with Crippen LogP contribution in [0.15, 0.2) is 18.2 Å². The summed E-state index contributed by atoms with van der Waals surface area (Å²) >= 11 is 11.7. The van der Waals surface area contributed by atoms with Crippen LogP contribution in [-0.2, 0) is 19.6 Å². The molecule has 0 aromatic heterocycles. The maximum atomic E-state index is 12.0. The summed E-state index contributed by atoms with van der Waals surface area (Å²) in [6, 6.07) is 4.35. The Kier molecular flexibility index (Phi) is 5.46. The highest BCUT2D eigenvalue weighted by Crippen LogP contribution is 2.30. The van der Waals surface area contributed by atoms with E-state index in [0.29, 0.717) is 5.02 Å². The minimum absolute atomic E-state index is 0.147. The Balaban J connectivity index is 3.27. The molecular weight excluding hydrogens is 313 g/mol. The van der Waals surface area contributed by atoms with E-state index in [4.69, 9.17) is 23.2 Å².